The van der Waals surface area contributed by atoms with Crippen molar-refractivity contribution < 1.29 is 0 Å². The summed E-state index contributed by atoms with van der Waals surface area (Å²) in [7, 11) is 0. The van der Waals surface area contributed by atoms with E-state index in [2.05, 4.69) is 58.0 Å². The van der Waals surface area contributed by atoms with E-state index >= 15 is 0 Å². The monoisotopic (exact) mass is 292 g/mol. The Morgan fingerprint density at radius 2 is 1.68 bits per heavy atom. The van der Waals surface area contributed by atoms with E-state index in [0.29, 0.717) is 5.92 Å². The number of hydrogen-bond donors (Lipinski definition) is 1. The first kappa shape index (κ1) is 13.5. The first-order valence-corrected chi connectivity index (χ1v) is 7.97. The molecule has 4 heteroatoms. The zero-order valence-corrected chi connectivity index (χ0v) is 12.5. The minimum Gasteiger partial charge on any atom is -0.317 e. The van der Waals surface area contributed by atoms with Gasteiger partial charge in [0.15, 0.2) is 0 Å². The van der Waals surface area contributed by atoms with Gasteiger partial charge >= 0.3 is 0 Å². The van der Waals surface area contributed by atoms with Crippen LogP contribution in [-0.4, -0.2) is 28.1 Å². The summed E-state index contributed by atoms with van der Waals surface area (Å²) in [6.07, 6.45) is 5.88. The van der Waals surface area contributed by atoms with Crippen LogP contribution in [-0.2, 0) is 0 Å². The van der Waals surface area contributed by atoms with Gasteiger partial charge in [0, 0.05) is 0 Å². The number of rotatable bonds is 3. The Morgan fingerprint density at radius 1 is 0.955 bits per heavy atom. The Balaban J connectivity index is 1.78. The molecule has 4 nitrogen and oxygen atoms in total. The molecule has 0 saturated carbocycles. The van der Waals surface area contributed by atoms with E-state index in [1.54, 1.807) is 12.4 Å². The number of piperidine rings is 1. The molecule has 1 aliphatic rings. The topological polar surface area (TPSA) is 42.7 Å². The van der Waals surface area contributed by atoms with Crippen LogP contribution in [0.5, 0.6) is 0 Å². The molecule has 3 aromatic rings. The van der Waals surface area contributed by atoms with Crippen LogP contribution in [0.1, 0.15) is 24.4 Å². The molecule has 0 radical (unpaired) electrons. The Kier molecular flexibility index (Phi) is 3.60. The molecule has 1 aliphatic heterocycles. The van der Waals surface area contributed by atoms with E-state index in [1.165, 1.54) is 29.2 Å². The van der Waals surface area contributed by atoms with Crippen molar-refractivity contribution in [1.29, 1.82) is 0 Å². The van der Waals surface area contributed by atoms with Crippen LogP contribution < -0.4 is 5.32 Å². The molecule has 0 unspecified atom stereocenters. The lowest BCUT2D eigenvalue weighted by Gasteiger charge is -2.30. The van der Waals surface area contributed by atoms with Gasteiger partial charge in [-0.15, -0.1) is 0 Å². The van der Waals surface area contributed by atoms with Crippen molar-refractivity contribution in [2.75, 3.05) is 13.1 Å². The van der Waals surface area contributed by atoms with Crippen LogP contribution in [0.2, 0.25) is 0 Å². The maximum atomic E-state index is 4.43. The van der Waals surface area contributed by atoms with Gasteiger partial charge in [0.05, 0.1) is 18.4 Å². The van der Waals surface area contributed by atoms with Crippen LogP contribution in [0.25, 0.3) is 10.8 Å². The zero-order valence-electron chi connectivity index (χ0n) is 12.5. The standard InChI is InChI=1S/C18H20N4/c1-2-4-16-13-17(6-5-14(16)3-1)18(22-20-11-12-21-22)15-7-9-19-10-8-15/h1-6,11-13,15,18-19H,7-10H2/t18-/m1/s1. The van der Waals surface area contributed by atoms with E-state index in [4.69, 9.17) is 0 Å². The van der Waals surface area contributed by atoms with Crippen LogP contribution in [0.4, 0.5) is 0 Å². The summed E-state index contributed by atoms with van der Waals surface area (Å²) in [4.78, 5) is 1.89. The molecule has 4 rings (SSSR count). The fraction of sp³-hybridized carbons (Fsp3) is 0.333. The van der Waals surface area contributed by atoms with Crippen LogP contribution in [0.15, 0.2) is 54.9 Å². The second kappa shape index (κ2) is 5.89. The van der Waals surface area contributed by atoms with Gasteiger partial charge in [0.2, 0.25) is 0 Å². The van der Waals surface area contributed by atoms with E-state index in [1.807, 2.05) is 4.80 Å². The zero-order chi connectivity index (χ0) is 14.8. The minimum atomic E-state index is 0.224. The van der Waals surface area contributed by atoms with Gasteiger partial charge in [-0.2, -0.15) is 15.0 Å². The number of nitrogens with one attached hydrogen (secondary N) is 1. The smallest absolute Gasteiger partial charge is 0.0994 e. The van der Waals surface area contributed by atoms with Gasteiger partial charge in [-0.3, -0.25) is 0 Å². The average Bonchev–Trinajstić information content (AvgIpc) is 3.10. The van der Waals surface area contributed by atoms with Crippen molar-refractivity contribution >= 4 is 10.8 Å². The molecule has 0 bridgehead atoms. The lowest BCUT2D eigenvalue weighted by atomic mass is 9.85. The summed E-state index contributed by atoms with van der Waals surface area (Å²) < 4.78 is 0. The minimum absolute atomic E-state index is 0.224. The Labute approximate surface area is 130 Å². The largest absolute Gasteiger partial charge is 0.317 e. The number of aromatic nitrogens is 3. The third-order valence-corrected chi connectivity index (χ3v) is 4.63. The summed E-state index contributed by atoms with van der Waals surface area (Å²) in [6, 6.07) is 15.5. The second-order valence-corrected chi connectivity index (χ2v) is 5.99. The normalized spacial score (nSPS) is 17.6. The quantitative estimate of drug-likeness (QED) is 0.807. The predicted molar refractivity (Wildman–Crippen MR) is 87.7 cm³/mol. The maximum absolute atomic E-state index is 4.43. The van der Waals surface area contributed by atoms with Crippen molar-refractivity contribution in [2.24, 2.45) is 5.92 Å². The van der Waals surface area contributed by atoms with E-state index in [9.17, 15) is 0 Å². The Bertz CT molecular complexity index is 745. The first-order chi connectivity index (χ1) is 10.9. The molecule has 2 heterocycles. The van der Waals surface area contributed by atoms with Crippen molar-refractivity contribution in [3.8, 4) is 0 Å². The molecule has 0 amide bonds. The molecular weight excluding hydrogens is 272 g/mol. The Hall–Kier alpha value is -2.20. The van der Waals surface area contributed by atoms with Crippen molar-refractivity contribution in [1.82, 2.24) is 20.3 Å². The number of hydrogen-bond acceptors (Lipinski definition) is 3. The lowest BCUT2D eigenvalue weighted by molar-refractivity contribution is 0.260. The van der Waals surface area contributed by atoms with Gasteiger partial charge in [-0.25, -0.2) is 0 Å². The highest BCUT2D eigenvalue weighted by Crippen LogP contribution is 2.33. The van der Waals surface area contributed by atoms with Crippen molar-refractivity contribution in [3.63, 3.8) is 0 Å². The molecular formula is C18H20N4. The highest BCUT2D eigenvalue weighted by Gasteiger charge is 2.27. The molecule has 1 saturated heterocycles. The number of fused-ring (bicyclic) bond motifs is 1. The molecule has 0 spiro atoms. The molecule has 112 valence electrons. The summed E-state index contributed by atoms with van der Waals surface area (Å²) in [5.74, 6) is 0.579. The summed E-state index contributed by atoms with van der Waals surface area (Å²) in [6.45, 7) is 2.16. The van der Waals surface area contributed by atoms with Gasteiger partial charge in [-0.05, 0) is 54.3 Å². The van der Waals surface area contributed by atoms with Gasteiger partial charge in [0.1, 0.15) is 0 Å². The molecule has 1 fully saturated rings. The van der Waals surface area contributed by atoms with Crippen molar-refractivity contribution in [2.45, 2.75) is 18.9 Å². The molecule has 22 heavy (non-hydrogen) atoms. The van der Waals surface area contributed by atoms with Crippen molar-refractivity contribution in [3.05, 3.63) is 60.4 Å². The summed E-state index contributed by atoms with van der Waals surface area (Å²) in [5.41, 5.74) is 1.31. The average molecular weight is 292 g/mol. The van der Waals surface area contributed by atoms with Gasteiger partial charge < -0.3 is 5.32 Å². The highest BCUT2D eigenvalue weighted by atomic mass is 15.5. The Morgan fingerprint density at radius 3 is 2.45 bits per heavy atom. The predicted octanol–water partition coefficient (Wildman–Crippen LogP) is 3.02. The van der Waals surface area contributed by atoms with Crippen LogP contribution in [0, 0.1) is 5.92 Å². The van der Waals surface area contributed by atoms with Gasteiger partial charge in [0.25, 0.3) is 0 Å². The molecule has 1 atom stereocenters. The first-order valence-electron chi connectivity index (χ1n) is 7.97. The lowest BCUT2D eigenvalue weighted by Crippen LogP contribution is -2.34. The van der Waals surface area contributed by atoms with Crippen LogP contribution >= 0.6 is 0 Å². The molecule has 1 N–H and O–H groups in total. The number of benzene rings is 2. The highest BCUT2D eigenvalue weighted by molar-refractivity contribution is 5.83. The maximum Gasteiger partial charge on any atom is 0.0994 e. The second-order valence-electron chi connectivity index (χ2n) is 5.99. The third-order valence-electron chi connectivity index (χ3n) is 4.63. The number of nitrogens with zero attached hydrogens (tertiary/aromatic N) is 3. The SMILES string of the molecule is c1ccc2cc([C@@H](C3CCNCC3)n3nccn3)ccc2c1. The fourth-order valence-corrected chi connectivity index (χ4v) is 3.52. The summed E-state index contributed by atoms with van der Waals surface area (Å²) in [5, 5.41) is 14.9. The summed E-state index contributed by atoms with van der Waals surface area (Å²) >= 11 is 0. The third kappa shape index (κ3) is 2.50. The molecule has 2 aromatic carbocycles. The molecule has 0 aliphatic carbocycles. The van der Waals surface area contributed by atoms with E-state index in [0.717, 1.165) is 13.1 Å². The van der Waals surface area contributed by atoms with Gasteiger partial charge in [-0.1, -0.05) is 36.4 Å². The van der Waals surface area contributed by atoms with E-state index < -0.39 is 0 Å². The molecule has 1 aromatic heterocycles. The fourth-order valence-electron chi connectivity index (χ4n) is 3.52. The van der Waals surface area contributed by atoms with E-state index in [-0.39, 0.29) is 6.04 Å². The van der Waals surface area contributed by atoms with Crippen LogP contribution in [0.3, 0.4) is 0 Å².